The van der Waals surface area contributed by atoms with E-state index in [1.54, 1.807) is 19.1 Å². The van der Waals surface area contributed by atoms with Crippen molar-refractivity contribution in [3.8, 4) is 5.75 Å². The second-order valence-electron chi connectivity index (χ2n) is 5.44. The van der Waals surface area contributed by atoms with E-state index in [1.807, 2.05) is 13.8 Å². The van der Waals surface area contributed by atoms with Gasteiger partial charge in [-0.1, -0.05) is 6.07 Å². The van der Waals surface area contributed by atoms with Crippen LogP contribution in [0.5, 0.6) is 5.75 Å². The number of aryl methyl sites for hydroxylation is 2. The second-order valence-corrected chi connectivity index (χ2v) is 7.07. The lowest BCUT2D eigenvalue weighted by molar-refractivity contribution is -0.0493. The van der Waals surface area contributed by atoms with Gasteiger partial charge in [-0.05, 0) is 56.2 Å². The largest absolute Gasteiger partial charge is 0.465 e. The highest BCUT2D eigenvalue weighted by Crippen LogP contribution is 2.33. The van der Waals surface area contributed by atoms with Crippen LogP contribution in [0.1, 0.15) is 26.4 Å². The molecule has 0 unspecified atom stereocenters. The van der Waals surface area contributed by atoms with Crippen molar-refractivity contribution < 1.29 is 23.0 Å². The topological polar surface area (TPSA) is 59.6 Å². The number of halogens is 2. The van der Waals surface area contributed by atoms with Crippen LogP contribution in [0.25, 0.3) is 0 Å². The zero-order valence-corrected chi connectivity index (χ0v) is 16.2. The van der Waals surface area contributed by atoms with Crippen molar-refractivity contribution in [3.05, 3.63) is 39.8 Å². The van der Waals surface area contributed by atoms with Gasteiger partial charge in [-0.25, -0.2) is 4.79 Å². The number of carbonyl (C=O) groups is 1. The van der Waals surface area contributed by atoms with Crippen LogP contribution in [0, 0.1) is 20.8 Å². The first kappa shape index (κ1) is 20.1. The molecule has 0 radical (unpaired) electrons. The molecule has 2 N–H and O–H groups in total. The van der Waals surface area contributed by atoms with Gasteiger partial charge in [-0.2, -0.15) is 8.78 Å². The molecule has 0 fully saturated rings. The van der Waals surface area contributed by atoms with E-state index in [-0.39, 0.29) is 16.5 Å². The predicted octanol–water partition coefficient (Wildman–Crippen LogP) is 4.87. The molecule has 2 aromatic rings. The molecule has 1 aromatic heterocycles. The van der Waals surface area contributed by atoms with Gasteiger partial charge in [0, 0.05) is 4.88 Å². The highest BCUT2D eigenvalue weighted by Gasteiger charge is 2.21. The number of ether oxygens (including phenoxy) is 2. The van der Waals surface area contributed by atoms with Crippen molar-refractivity contribution in [2.45, 2.75) is 27.4 Å². The second kappa shape index (κ2) is 8.41. The Hall–Kier alpha value is -2.26. The number of rotatable bonds is 5. The minimum absolute atomic E-state index is 0.0177. The maximum absolute atomic E-state index is 12.6. The summed E-state index contributed by atoms with van der Waals surface area (Å²) in [6.07, 6.45) is 0. The molecule has 0 saturated carbocycles. The number of alkyl halides is 2. The van der Waals surface area contributed by atoms with Crippen LogP contribution in [0.4, 0.5) is 19.5 Å². The summed E-state index contributed by atoms with van der Waals surface area (Å²) >= 11 is 6.60. The van der Waals surface area contributed by atoms with Crippen LogP contribution in [-0.2, 0) is 4.74 Å². The molecule has 2 rings (SSSR count). The molecule has 0 amide bonds. The molecule has 1 heterocycles. The van der Waals surface area contributed by atoms with Gasteiger partial charge in [-0.15, -0.1) is 11.3 Å². The number of hydrogen-bond acceptors (Lipinski definition) is 5. The lowest BCUT2D eigenvalue weighted by atomic mass is 10.1. The number of thiophene rings is 1. The molecule has 0 aliphatic heterocycles. The molecule has 0 aliphatic rings. The summed E-state index contributed by atoms with van der Waals surface area (Å²) in [5.74, 6) is -0.495. The summed E-state index contributed by atoms with van der Waals surface area (Å²) in [4.78, 5) is 12.9. The predicted molar refractivity (Wildman–Crippen MR) is 103 cm³/mol. The molecular formula is C17H18F2N2O3S2. The first-order valence-electron chi connectivity index (χ1n) is 7.54. The van der Waals surface area contributed by atoms with Gasteiger partial charge in [0.1, 0.15) is 10.8 Å². The molecule has 0 aliphatic carbocycles. The van der Waals surface area contributed by atoms with Gasteiger partial charge in [0.25, 0.3) is 0 Å². The quantitative estimate of drug-likeness (QED) is 0.552. The van der Waals surface area contributed by atoms with E-state index in [0.29, 0.717) is 10.6 Å². The van der Waals surface area contributed by atoms with Gasteiger partial charge in [0.15, 0.2) is 5.11 Å². The van der Waals surface area contributed by atoms with E-state index in [1.165, 1.54) is 24.5 Å². The van der Waals surface area contributed by atoms with Crippen LogP contribution in [0.2, 0.25) is 0 Å². The standard InChI is InChI=1S/C17H18F2N2O3S2/c1-8-5-6-11(12(7-8)24-16(18)19)20-17(25)21-14-13(15(22)23-4)9(2)10(3)26-14/h5-7,16H,1-4H3,(H2,20,21,25). The van der Waals surface area contributed by atoms with E-state index in [2.05, 4.69) is 15.4 Å². The molecule has 5 nitrogen and oxygen atoms in total. The van der Waals surface area contributed by atoms with Gasteiger partial charge >= 0.3 is 12.6 Å². The van der Waals surface area contributed by atoms with E-state index >= 15 is 0 Å². The third kappa shape index (κ3) is 4.67. The smallest absolute Gasteiger partial charge is 0.387 e. The third-order valence-electron chi connectivity index (χ3n) is 3.60. The van der Waals surface area contributed by atoms with Crippen LogP contribution >= 0.6 is 23.6 Å². The van der Waals surface area contributed by atoms with E-state index < -0.39 is 12.6 Å². The Kier molecular flexibility index (Phi) is 6.49. The van der Waals surface area contributed by atoms with Crippen molar-refractivity contribution in [1.29, 1.82) is 0 Å². The normalized spacial score (nSPS) is 10.6. The van der Waals surface area contributed by atoms with E-state index in [4.69, 9.17) is 17.0 Å². The number of hydrogen-bond donors (Lipinski definition) is 2. The first-order valence-corrected chi connectivity index (χ1v) is 8.77. The monoisotopic (exact) mass is 400 g/mol. The summed E-state index contributed by atoms with van der Waals surface area (Å²) in [5.41, 5.74) is 2.25. The molecule has 0 spiro atoms. The third-order valence-corrected chi connectivity index (χ3v) is 4.93. The van der Waals surface area contributed by atoms with Crippen LogP contribution in [0.3, 0.4) is 0 Å². The van der Waals surface area contributed by atoms with Gasteiger partial charge < -0.3 is 20.1 Å². The number of thiocarbonyl (C=S) groups is 1. The fraction of sp³-hybridized carbons (Fsp3) is 0.294. The van der Waals surface area contributed by atoms with Crippen molar-refractivity contribution in [3.63, 3.8) is 0 Å². The van der Waals surface area contributed by atoms with Crippen molar-refractivity contribution >= 4 is 45.3 Å². The number of esters is 1. The van der Waals surface area contributed by atoms with Crippen molar-refractivity contribution in [2.24, 2.45) is 0 Å². The van der Waals surface area contributed by atoms with Gasteiger partial charge in [0.2, 0.25) is 0 Å². The molecule has 0 atom stereocenters. The molecule has 140 valence electrons. The zero-order valence-electron chi connectivity index (χ0n) is 14.6. The average molecular weight is 400 g/mol. The Bertz CT molecular complexity index is 838. The first-order chi connectivity index (χ1) is 12.2. The van der Waals surface area contributed by atoms with Crippen LogP contribution in [-0.4, -0.2) is 24.8 Å². The number of benzene rings is 1. The molecular weight excluding hydrogens is 382 g/mol. The zero-order chi connectivity index (χ0) is 19.4. The molecule has 1 aromatic carbocycles. The molecule has 0 bridgehead atoms. The Labute approximate surface area is 159 Å². The maximum Gasteiger partial charge on any atom is 0.387 e. The maximum atomic E-state index is 12.6. The summed E-state index contributed by atoms with van der Waals surface area (Å²) in [6, 6.07) is 4.81. The Balaban J connectivity index is 2.23. The number of methoxy groups -OCH3 is 1. The Morgan fingerprint density at radius 1 is 1.23 bits per heavy atom. The molecule has 26 heavy (non-hydrogen) atoms. The minimum Gasteiger partial charge on any atom is -0.465 e. The van der Waals surface area contributed by atoms with Crippen LogP contribution < -0.4 is 15.4 Å². The summed E-state index contributed by atoms with van der Waals surface area (Å²) in [6.45, 7) is 2.50. The lowest BCUT2D eigenvalue weighted by Crippen LogP contribution is -2.21. The number of carbonyl (C=O) groups excluding carboxylic acids is 1. The minimum atomic E-state index is -2.95. The van der Waals surface area contributed by atoms with E-state index in [0.717, 1.165) is 16.0 Å². The lowest BCUT2D eigenvalue weighted by Gasteiger charge is -2.15. The fourth-order valence-corrected chi connectivity index (χ4v) is 3.58. The molecule has 0 saturated heterocycles. The van der Waals surface area contributed by atoms with Crippen molar-refractivity contribution in [2.75, 3.05) is 17.7 Å². The van der Waals surface area contributed by atoms with E-state index in [9.17, 15) is 13.6 Å². The number of anilines is 2. The van der Waals surface area contributed by atoms with Gasteiger partial charge in [-0.3, -0.25) is 0 Å². The SMILES string of the molecule is COC(=O)c1c(NC(=S)Nc2ccc(C)cc2OC(F)F)sc(C)c1C. The average Bonchev–Trinajstić information content (AvgIpc) is 2.83. The summed E-state index contributed by atoms with van der Waals surface area (Å²) < 4.78 is 34.5. The molecule has 9 heteroatoms. The van der Waals surface area contributed by atoms with Crippen LogP contribution in [0.15, 0.2) is 18.2 Å². The highest BCUT2D eigenvalue weighted by atomic mass is 32.1. The number of nitrogens with one attached hydrogen (secondary N) is 2. The summed E-state index contributed by atoms with van der Waals surface area (Å²) in [5, 5.41) is 6.41. The highest BCUT2D eigenvalue weighted by molar-refractivity contribution is 7.80. The van der Waals surface area contributed by atoms with Crippen molar-refractivity contribution in [1.82, 2.24) is 0 Å². The Morgan fingerprint density at radius 2 is 1.92 bits per heavy atom. The fourth-order valence-electron chi connectivity index (χ4n) is 2.25. The summed E-state index contributed by atoms with van der Waals surface area (Å²) in [7, 11) is 1.30. The van der Waals surface area contributed by atoms with Gasteiger partial charge in [0.05, 0.1) is 18.4 Å². The Morgan fingerprint density at radius 3 is 2.54 bits per heavy atom.